The molecule has 0 radical (unpaired) electrons. The molecule has 0 unspecified atom stereocenters. The lowest BCUT2D eigenvalue weighted by atomic mass is 10.2. The molecule has 1 saturated heterocycles. The lowest BCUT2D eigenvalue weighted by Gasteiger charge is -2.19. The van der Waals surface area contributed by atoms with Crippen LogP contribution < -0.4 is 0 Å². The molecule has 1 amide bonds. The first kappa shape index (κ1) is 16.0. The number of hydrogen-bond acceptors (Lipinski definition) is 4. The Bertz CT molecular complexity index is 663. The van der Waals surface area contributed by atoms with Gasteiger partial charge in [-0.3, -0.25) is 4.79 Å². The summed E-state index contributed by atoms with van der Waals surface area (Å²) in [5, 5.41) is 4.59. The van der Waals surface area contributed by atoms with Gasteiger partial charge in [0.25, 0.3) is 0 Å². The number of aryl methyl sites for hydroxylation is 1. The SMILES string of the molecule is O=C(CCc1nc(-c2cccc(Cl)c2)no1)N1CCCCCC1. The maximum absolute atomic E-state index is 12.3. The van der Waals surface area contributed by atoms with Crippen molar-refractivity contribution in [1.82, 2.24) is 15.0 Å². The van der Waals surface area contributed by atoms with Crippen molar-refractivity contribution < 1.29 is 9.32 Å². The zero-order valence-corrected chi connectivity index (χ0v) is 13.8. The molecule has 0 N–H and O–H groups in total. The van der Waals surface area contributed by atoms with Crippen LogP contribution in [0.5, 0.6) is 0 Å². The molecule has 2 aromatic rings. The van der Waals surface area contributed by atoms with Gasteiger partial charge in [0, 0.05) is 36.5 Å². The van der Waals surface area contributed by atoms with Gasteiger partial charge in [-0.1, -0.05) is 41.7 Å². The normalized spacial score (nSPS) is 15.4. The Kier molecular flexibility index (Phi) is 5.28. The fourth-order valence-electron chi connectivity index (χ4n) is 2.79. The zero-order valence-electron chi connectivity index (χ0n) is 13.0. The Morgan fingerprint density at radius 2 is 2.00 bits per heavy atom. The van der Waals surface area contributed by atoms with Crippen LogP contribution in [0.25, 0.3) is 11.4 Å². The van der Waals surface area contributed by atoms with E-state index in [1.165, 1.54) is 12.8 Å². The van der Waals surface area contributed by atoms with Crippen molar-refractivity contribution in [2.45, 2.75) is 38.5 Å². The van der Waals surface area contributed by atoms with E-state index in [0.717, 1.165) is 31.5 Å². The van der Waals surface area contributed by atoms with Crippen LogP contribution in [0.4, 0.5) is 0 Å². The van der Waals surface area contributed by atoms with Gasteiger partial charge in [-0.2, -0.15) is 4.98 Å². The first-order chi connectivity index (χ1) is 11.2. The molecule has 0 saturated carbocycles. The second-order valence-electron chi connectivity index (χ2n) is 5.82. The molecule has 1 aromatic carbocycles. The number of likely N-dealkylation sites (tertiary alicyclic amines) is 1. The average Bonchev–Trinajstić information content (AvgIpc) is 2.86. The zero-order chi connectivity index (χ0) is 16.1. The van der Waals surface area contributed by atoms with Crippen molar-refractivity contribution in [3.8, 4) is 11.4 Å². The Morgan fingerprint density at radius 3 is 2.74 bits per heavy atom. The first-order valence-electron chi connectivity index (χ1n) is 8.09. The van der Waals surface area contributed by atoms with Crippen molar-refractivity contribution in [1.29, 1.82) is 0 Å². The average molecular weight is 334 g/mol. The third-order valence-corrected chi connectivity index (χ3v) is 4.30. The summed E-state index contributed by atoms with van der Waals surface area (Å²) in [6.07, 6.45) is 5.53. The highest BCUT2D eigenvalue weighted by molar-refractivity contribution is 6.30. The van der Waals surface area contributed by atoms with Crippen LogP contribution in [0.3, 0.4) is 0 Å². The molecule has 5 nitrogen and oxygen atoms in total. The smallest absolute Gasteiger partial charge is 0.227 e. The minimum Gasteiger partial charge on any atom is -0.343 e. The monoisotopic (exact) mass is 333 g/mol. The number of amides is 1. The Balaban J connectivity index is 1.57. The maximum atomic E-state index is 12.3. The molecule has 0 spiro atoms. The Hall–Kier alpha value is -1.88. The maximum Gasteiger partial charge on any atom is 0.227 e. The third kappa shape index (κ3) is 4.32. The Labute approximate surface area is 140 Å². The summed E-state index contributed by atoms with van der Waals surface area (Å²) in [6, 6.07) is 7.31. The number of benzene rings is 1. The molecule has 0 bridgehead atoms. The molecule has 1 aromatic heterocycles. The van der Waals surface area contributed by atoms with E-state index in [2.05, 4.69) is 10.1 Å². The van der Waals surface area contributed by atoms with Gasteiger partial charge in [0.05, 0.1) is 0 Å². The molecular weight excluding hydrogens is 314 g/mol. The van der Waals surface area contributed by atoms with Crippen molar-refractivity contribution >= 4 is 17.5 Å². The van der Waals surface area contributed by atoms with Crippen LogP contribution >= 0.6 is 11.6 Å². The lowest BCUT2D eigenvalue weighted by Crippen LogP contribution is -2.31. The molecular formula is C17H20ClN3O2. The van der Waals surface area contributed by atoms with Crippen LogP contribution in [0, 0.1) is 0 Å². The van der Waals surface area contributed by atoms with Crippen LogP contribution in [-0.2, 0) is 11.2 Å². The van der Waals surface area contributed by atoms with E-state index in [1.54, 1.807) is 12.1 Å². The van der Waals surface area contributed by atoms with E-state index in [9.17, 15) is 4.79 Å². The summed E-state index contributed by atoms with van der Waals surface area (Å²) in [4.78, 5) is 18.6. The highest BCUT2D eigenvalue weighted by Gasteiger charge is 2.17. The van der Waals surface area contributed by atoms with Crippen molar-refractivity contribution in [3.05, 3.63) is 35.2 Å². The number of aromatic nitrogens is 2. The highest BCUT2D eigenvalue weighted by atomic mass is 35.5. The second kappa shape index (κ2) is 7.59. The summed E-state index contributed by atoms with van der Waals surface area (Å²) < 4.78 is 5.25. The van der Waals surface area contributed by atoms with Crippen molar-refractivity contribution in [2.75, 3.05) is 13.1 Å². The molecule has 2 heterocycles. The van der Waals surface area contributed by atoms with E-state index in [-0.39, 0.29) is 5.91 Å². The minimum absolute atomic E-state index is 0.175. The molecule has 6 heteroatoms. The van der Waals surface area contributed by atoms with Crippen LogP contribution in [0.2, 0.25) is 5.02 Å². The highest BCUT2D eigenvalue weighted by Crippen LogP contribution is 2.20. The summed E-state index contributed by atoms with van der Waals surface area (Å²) >= 11 is 5.97. The van der Waals surface area contributed by atoms with E-state index in [1.807, 2.05) is 17.0 Å². The summed E-state index contributed by atoms with van der Waals surface area (Å²) in [6.45, 7) is 1.74. The molecule has 1 fully saturated rings. The molecule has 0 aliphatic carbocycles. The first-order valence-corrected chi connectivity index (χ1v) is 8.46. The number of hydrogen-bond donors (Lipinski definition) is 0. The largest absolute Gasteiger partial charge is 0.343 e. The van der Waals surface area contributed by atoms with Crippen molar-refractivity contribution in [2.24, 2.45) is 0 Å². The molecule has 122 valence electrons. The molecule has 3 rings (SSSR count). The topological polar surface area (TPSA) is 59.2 Å². The Morgan fingerprint density at radius 1 is 1.22 bits per heavy atom. The van der Waals surface area contributed by atoms with E-state index in [4.69, 9.17) is 16.1 Å². The van der Waals surface area contributed by atoms with Crippen LogP contribution in [-0.4, -0.2) is 34.0 Å². The van der Waals surface area contributed by atoms with Gasteiger partial charge in [0.2, 0.25) is 17.6 Å². The summed E-state index contributed by atoms with van der Waals surface area (Å²) in [5.41, 5.74) is 0.811. The second-order valence-corrected chi connectivity index (χ2v) is 6.25. The number of nitrogens with zero attached hydrogens (tertiary/aromatic N) is 3. The predicted molar refractivity (Wildman–Crippen MR) is 88.1 cm³/mol. The number of carbonyl (C=O) groups excluding carboxylic acids is 1. The van der Waals surface area contributed by atoms with Crippen LogP contribution in [0.1, 0.15) is 38.0 Å². The fraction of sp³-hybridized carbons (Fsp3) is 0.471. The lowest BCUT2D eigenvalue weighted by molar-refractivity contribution is -0.131. The van der Waals surface area contributed by atoms with E-state index >= 15 is 0 Å². The number of rotatable bonds is 4. The van der Waals surface area contributed by atoms with Gasteiger partial charge in [0.15, 0.2) is 0 Å². The molecule has 1 aliphatic heterocycles. The number of carbonyl (C=O) groups is 1. The van der Waals surface area contributed by atoms with Gasteiger partial charge < -0.3 is 9.42 Å². The molecule has 0 atom stereocenters. The van der Waals surface area contributed by atoms with Crippen LogP contribution in [0.15, 0.2) is 28.8 Å². The van der Waals surface area contributed by atoms with Gasteiger partial charge in [0.1, 0.15) is 0 Å². The van der Waals surface area contributed by atoms with Gasteiger partial charge in [-0.05, 0) is 25.0 Å². The summed E-state index contributed by atoms with van der Waals surface area (Å²) in [5.74, 6) is 1.17. The van der Waals surface area contributed by atoms with E-state index < -0.39 is 0 Å². The fourth-order valence-corrected chi connectivity index (χ4v) is 2.98. The van der Waals surface area contributed by atoms with E-state index in [0.29, 0.717) is 29.6 Å². The standard InChI is InChI=1S/C17H20ClN3O2/c18-14-7-5-6-13(12-14)17-19-15(23-20-17)8-9-16(22)21-10-3-1-2-4-11-21/h5-7,12H,1-4,8-11H2. The van der Waals surface area contributed by atoms with Gasteiger partial charge in [-0.15, -0.1) is 0 Å². The number of halogens is 1. The van der Waals surface area contributed by atoms with Crippen molar-refractivity contribution in [3.63, 3.8) is 0 Å². The molecule has 23 heavy (non-hydrogen) atoms. The van der Waals surface area contributed by atoms with Gasteiger partial charge in [-0.25, -0.2) is 0 Å². The van der Waals surface area contributed by atoms with Gasteiger partial charge >= 0.3 is 0 Å². The minimum atomic E-state index is 0.175. The predicted octanol–water partition coefficient (Wildman–Crippen LogP) is 3.73. The summed E-state index contributed by atoms with van der Waals surface area (Å²) in [7, 11) is 0. The quantitative estimate of drug-likeness (QED) is 0.855. The molecule has 1 aliphatic rings. The third-order valence-electron chi connectivity index (χ3n) is 4.06.